The molecular weight excluding hydrogens is 475 g/mol. The molecule has 0 aliphatic heterocycles. The number of aliphatic carboxylic acids is 2. The third-order valence-corrected chi connectivity index (χ3v) is 10.4. The first-order valence-electron chi connectivity index (χ1n) is 11.5. The highest BCUT2D eigenvalue weighted by Crippen LogP contribution is 2.81. The average molecular weight is 503 g/mol. The van der Waals surface area contributed by atoms with Crippen molar-refractivity contribution in [2.45, 2.75) is 59.4 Å². The van der Waals surface area contributed by atoms with E-state index in [0.717, 1.165) is 11.1 Å². The van der Waals surface area contributed by atoms with Crippen LogP contribution in [0.3, 0.4) is 0 Å². The van der Waals surface area contributed by atoms with Crippen LogP contribution in [0.15, 0.2) is 48.5 Å². The van der Waals surface area contributed by atoms with Crippen molar-refractivity contribution in [3.63, 3.8) is 0 Å². The lowest BCUT2D eigenvalue weighted by molar-refractivity contribution is -0.167. The van der Waals surface area contributed by atoms with Gasteiger partial charge in [-0.15, -0.1) is 24.8 Å². The molecule has 3 fully saturated rings. The van der Waals surface area contributed by atoms with Crippen molar-refractivity contribution in [1.82, 2.24) is 0 Å². The Kier molecular flexibility index (Phi) is 4.69. The van der Waals surface area contributed by atoms with Crippen LogP contribution >= 0.6 is 24.8 Å². The van der Waals surface area contributed by atoms with Crippen LogP contribution < -0.4 is 11.5 Å². The van der Waals surface area contributed by atoms with E-state index in [1.165, 1.54) is 11.1 Å². The molecule has 34 heavy (non-hydrogen) atoms. The molecule has 2 aromatic rings. The zero-order valence-electron chi connectivity index (χ0n) is 18.4. The number of carboxylic acid groups (broad SMARTS) is 2. The number of carbonyl (C=O) groups is 2. The SMILES string of the molecule is Cl.Cl.NC1(C(=O)O)CC2c3ccccc3C13CCC14c5ccccc5C(CC1(N)C(=O)O)C2C34. The van der Waals surface area contributed by atoms with Crippen LogP contribution in [0.5, 0.6) is 0 Å². The maximum absolute atomic E-state index is 12.8. The largest absolute Gasteiger partial charge is 0.480 e. The second-order valence-electron chi connectivity index (χ2n) is 10.8. The minimum atomic E-state index is -1.44. The molecule has 9 rings (SSSR count). The Morgan fingerprint density at radius 3 is 1.50 bits per heavy atom. The smallest absolute Gasteiger partial charge is 0.324 e. The Balaban J connectivity index is 0.00000120. The Labute approximate surface area is 209 Å². The zero-order chi connectivity index (χ0) is 22.3. The van der Waals surface area contributed by atoms with E-state index in [1.54, 1.807) is 0 Å². The van der Waals surface area contributed by atoms with Gasteiger partial charge in [0.15, 0.2) is 0 Å². The summed E-state index contributed by atoms with van der Waals surface area (Å²) in [5.74, 6) is -2.07. The number of rotatable bonds is 2. The van der Waals surface area contributed by atoms with E-state index in [-0.39, 0.29) is 48.5 Å². The van der Waals surface area contributed by atoms with Gasteiger partial charge in [-0.3, -0.25) is 9.59 Å². The monoisotopic (exact) mass is 502 g/mol. The number of carboxylic acids is 2. The Morgan fingerprint density at radius 2 is 1.12 bits per heavy atom. The first kappa shape index (κ1) is 23.6. The zero-order valence-corrected chi connectivity index (χ0v) is 20.1. The summed E-state index contributed by atoms with van der Waals surface area (Å²) < 4.78 is 0. The molecule has 7 aliphatic rings. The van der Waals surface area contributed by atoms with Gasteiger partial charge < -0.3 is 21.7 Å². The highest BCUT2D eigenvalue weighted by Gasteiger charge is 2.84. The third kappa shape index (κ3) is 2.03. The molecule has 0 saturated heterocycles. The Bertz CT molecular complexity index is 1160. The topological polar surface area (TPSA) is 127 Å². The molecule has 2 aromatic carbocycles. The van der Waals surface area contributed by atoms with Crippen molar-refractivity contribution >= 4 is 36.8 Å². The quantitative estimate of drug-likeness (QED) is 0.498. The molecule has 6 unspecified atom stereocenters. The number of nitrogens with two attached hydrogens (primary N) is 2. The summed E-state index contributed by atoms with van der Waals surface area (Å²) in [5, 5.41) is 21.0. The van der Waals surface area contributed by atoms with Crippen LogP contribution in [-0.4, -0.2) is 33.2 Å². The van der Waals surface area contributed by atoms with Gasteiger partial charge in [-0.2, -0.15) is 0 Å². The van der Waals surface area contributed by atoms with E-state index in [9.17, 15) is 19.8 Å². The molecular formula is C26H28Cl2N2O4. The summed E-state index contributed by atoms with van der Waals surface area (Å²) in [6, 6.07) is 16.3. The van der Waals surface area contributed by atoms with Crippen molar-refractivity contribution in [2.75, 3.05) is 0 Å². The number of benzene rings is 2. The number of hydrogen-bond donors (Lipinski definition) is 4. The number of halogens is 2. The molecule has 6 N–H and O–H groups in total. The minimum absolute atomic E-state index is 0. The van der Waals surface area contributed by atoms with Gasteiger partial charge in [0.2, 0.25) is 0 Å². The molecule has 0 aromatic heterocycles. The van der Waals surface area contributed by atoms with Gasteiger partial charge in [-0.05, 0) is 71.6 Å². The third-order valence-electron chi connectivity index (χ3n) is 10.4. The summed E-state index contributed by atoms with van der Waals surface area (Å²) in [7, 11) is 0. The van der Waals surface area contributed by atoms with Gasteiger partial charge in [0.25, 0.3) is 0 Å². The van der Waals surface area contributed by atoms with E-state index in [0.29, 0.717) is 25.7 Å². The molecule has 8 heteroatoms. The van der Waals surface area contributed by atoms with Crippen LogP contribution in [0.25, 0.3) is 0 Å². The molecule has 180 valence electrons. The second-order valence-corrected chi connectivity index (χ2v) is 10.8. The summed E-state index contributed by atoms with van der Waals surface area (Å²) in [4.78, 5) is 25.6. The molecule has 4 bridgehead atoms. The van der Waals surface area contributed by atoms with E-state index >= 15 is 0 Å². The predicted octanol–water partition coefficient (Wildman–Crippen LogP) is 3.30. The summed E-state index contributed by atoms with van der Waals surface area (Å²) in [6.45, 7) is 0. The fourth-order valence-corrected chi connectivity index (χ4v) is 9.59. The van der Waals surface area contributed by atoms with Crippen molar-refractivity contribution in [2.24, 2.45) is 23.3 Å². The van der Waals surface area contributed by atoms with E-state index in [1.807, 2.05) is 36.4 Å². The highest BCUT2D eigenvalue weighted by atomic mass is 35.5. The lowest BCUT2D eigenvalue weighted by Gasteiger charge is -2.72. The highest BCUT2D eigenvalue weighted by molar-refractivity contribution is 5.88. The van der Waals surface area contributed by atoms with E-state index < -0.39 is 33.8 Å². The molecule has 6 nitrogen and oxygen atoms in total. The average Bonchev–Trinajstić information content (AvgIpc) is 3.17. The fourth-order valence-electron chi connectivity index (χ4n) is 9.59. The van der Waals surface area contributed by atoms with Gasteiger partial charge in [0, 0.05) is 10.8 Å². The summed E-state index contributed by atoms with van der Waals surface area (Å²) in [5.41, 5.74) is 13.7. The first-order chi connectivity index (χ1) is 15.2. The van der Waals surface area contributed by atoms with Gasteiger partial charge in [-0.1, -0.05) is 48.5 Å². The first-order valence-corrected chi connectivity index (χ1v) is 11.5. The molecule has 0 radical (unpaired) electrons. The lowest BCUT2D eigenvalue weighted by atomic mass is 9.31. The Hall–Kier alpha value is -2.12. The normalized spacial score (nSPS) is 43.6. The van der Waals surface area contributed by atoms with Crippen LogP contribution in [-0.2, 0) is 20.4 Å². The van der Waals surface area contributed by atoms with Gasteiger partial charge >= 0.3 is 11.9 Å². The second kappa shape index (κ2) is 6.76. The van der Waals surface area contributed by atoms with Crippen LogP contribution in [0.4, 0.5) is 0 Å². The number of fused-ring (bicyclic) bond motifs is 2. The fraction of sp³-hybridized carbons (Fsp3) is 0.462. The standard InChI is InChI=1S/C26H26N2O4.2ClH/c27-25(21(29)30)11-15-13-5-1-3-7-17(13)23(25)9-10-24-18-8-4-2-6-14(18)16(19(15)20(23)24)12-26(24,28)22(31)32;;/h1-8,15-16,19-20H,9-12,27-28H2,(H,29,30)(H,31,32);2*1H. The van der Waals surface area contributed by atoms with Crippen molar-refractivity contribution in [1.29, 1.82) is 0 Å². The van der Waals surface area contributed by atoms with Gasteiger partial charge in [-0.25, -0.2) is 0 Å². The minimum Gasteiger partial charge on any atom is -0.480 e. The van der Waals surface area contributed by atoms with Gasteiger partial charge in [0.05, 0.1) is 0 Å². The molecule has 7 aliphatic carbocycles. The molecule has 6 atom stereocenters. The summed E-state index contributed by atoms with van der Waals surface area (Å²) in [6.07, 6.45) is 1.85. The molecule has 0 heterocycles. The van der Waals surface area contributed by atoms with E-state index in [4.69, 9.17) is 11.5 Å². The van der Waals surface area contributed by atoms with Crippen LogP contribution in [0.1, 0.15) is 59.8 Å². The predicted molar refractivity (Wildman–Crippen MR) is 131 cm³/mol. The van der Waals surface area contributed by atoms with Crippen molar-refractivity contribution < 1.29 is 19.8 Å². The van der Waals surface area contributed by atoms with Crippen molar-refractivity contribution in [3.8, 4) is 0 Å². The molecule has 3 saturated carbocycles. The molecule has 2 spiro atoms. The van der Waals surface area contributed by atoms with Crippen LogP contribution in [0, 0.1) is 11.8 Å². The maximum Gasteiger partial charge on any atom is 0.324 e. The maximum atomic E-state index is 12.8. The van der Waals surface area contributed by atoms with Gasteiger partial charge in [0.1, 0.15) is 11.1 Å². The summed E-state index contributed by atoms with van der Waals surface area (Å²) >= 11 is 0. The molecule has 0 amide bonds. The van der Waals surface area contributed by atoms with Crippen molar-refractivity contribution in [3.05, 3.63) is 70.8 Å². The Morgan fingerprint density at radius 1 is 0.735 bits per heavy atom. The van der Waals surface area contributed by atoms with Crippen LogP contribution in [0.2, 0.25) is 0 Å². The lowest BCUT2D eigenvalue weighted by Crippen LogP contribution is -2.80. The number of hydrogen-bond acceptors (Lipinski definition) is 4. The van der Waals surface area contributed by atoms with E-state index in [2.05, 4.69) is 12.1 Å².